The Balaban J connectivity index is 1.28. The third-order valence-corrected chi connectivity index (χ3v) is 5.38. The Hall–Kier alpha value is -2.67. The minimum atomic E-state index is 0.0111. The summed E-state index contributed by atoms with van der Waals surface area (Å²) in [5.41, 5.74) is 2.07. The maximum Gasteiger partial charge on any atom is 0.230 e. The quantitative estimate of drug-likeness (QED) is 0.663. The zero-order valence-electron chi connectivity index (χ0n) is 15.1. The lowest BCUT2D eigenvalue weighted by atomic mass is 10.3. The maximum atomic E-state index is 12.2. The molecule has 6 nitrogen and oxygen atoms in total. The molecule has 0 radical (unpaired) electrons. The van der Waals surface area contributed by atoms with Crippen molar-refractivity contribution in [1.29, 1.82) is 0 Å². The molecule has 3 aromatic rings. The molecular formula is C20H21N3O3S. The second-order valence-corrected chi connectivity index (χ2v) is 7.29. The summed E-state index contributed by atoms with van der Waals surface area (Å²) in [7, 11) is 0. The number of rotatable bonds is 6. The van der Waals surface area contributed by atoms with Crippen LogP contribution < -0.4 is 14.8 Å². The second-order valence-electron chi connectivity index (χ2n) is 6.24. The number of imidazole rings is 1. The van der Waals surface area contributed by atoms with Crippen molar-refractivity contribution < 1.29 is 14.3 Å². The van der Waals surface area contributed by atoms with Crippen molar-refractivity contribution in [3.8, 4) is 11.5 Å². The molecule has 0 fully saturated rings. The Kier molecular flexibility index (Phi) is 5.20. The molecule has 2 heterocycles. The van der Waals surface area contributed by atoms with Crippen LogP contribution in [0.5, 0.6) is 11.5 Å². The van der Waals surface area contributed by atoms with Gasteiger partial charge in [0, 0.05) is 18.0 Å². The van der Waals surface area contributed by atoms with E-state index in [4.69, 9.17) is 9.47 Å². The van der Waals surface area contributed by atoms with E-state index in [9.17, 15) is 4.79 Å². The highest BCUT2D eigenvalue weighted by molar-refractivity contribution is 8.00. The number of aryl methyl sites for hydroxylation is 1. The van der Waals surface area contributed by atoms with Crippen molar-refractivity contribution in [3.05, 3.63) is 48.3 Å². The zero-order chi connectivity index (χ0) is 18.6. The predicted octanol–water partition coefficient (Wildman–Crippen LogP) is 3.02. The van der Waals surface area contributed by atoms with Crippen LogP contribution in [0.2, 0.25) is 0 Å². The number of carbonyl (C=O) groups is 1. The Morgan fingerprint density at radius 3 is 2.89 bits per heavy atom. The molecule has 1 aliphatic rings. The van der Waals surface area contributed by atoms with Crippen LogP contribution >= 0.6 is 11.8 Å². The third-order valence-electron chi connectivity index (χ3n) is 4.39. The molecule has 1 aliphatic heterocycles. The van der Waals surface area contributed by atoms with Crippen molar-refractivity contribution in [3.63, 3.8) is 0 Å². The van der Waals surface area contributed by atoms with Gasteiger partial charge in [-0.3, -0.25) is 4.79 Å². The molecule has 0 saturated heterocycles. The monoisotopic (exact) mass is 383 g/mol. The molecule has 0 unspecified atom stereocenters. The number of ether oxygens (including phenoxy) is 2. The first-order valence-electron chi connectivity index (χ1n) is 8.92. The lowest BCUT2D eigenvalue weighted by molar-refractivity contribution is -0.118. The Bertz CT molecular complexity index is 970. The largest absolute Gasteiger partial charge is 0.486 e. The second kappa shape index (κ2) is 7.92. The van der Waals surface area contributed by atoms with E-state index in [0.717, 1.165) is 33.3 Å². The summed E-state index contributed by atoms with van der Waals surface area (Å²) in [4.78, 5) is 17.7. The molecule has 140 valence electrons. The summed E-state index contributed by atoms with van der Waals surface area (Å²) in [6.45, 7) is 4.39. The summed E-state index contributed by atoms with van der Waals surface area (Å²) < 4.78 is 13.2. The normalized spacial score (nSPS) is 12.9. The molecule has 0 spiro atoms. The van der Waals surface area contributed by atoms with Crippen LogP contribution in [0.15, 0.2) is 47.4 Å². The maximum absolute atomic E-state index is 12.2. The molecule has 1 aromatic heterocycles. The molecule has 4 rings (SSSR count). The van der Waals surface area contributed by atoms with Gasteiger partial charge in [0.2, 0.25) is 5.91 Å². The summed E-state index contributed by atoms with van der Waals surface area (Å²) in [6.07, 6.45) is 0. The average molecular weight is 383 g/mol. The Morgan fingerprint density at radius 2 is 2.00 bits per heavy atom. The lowest BCUT2D eigenvalue weighted by Crippen LogP contribution is -2.28. The fourth-order valence-corrected chi connectivity index (χ4v) is 3.85. The highest BCUT2D eigenvalue weighted by atomic mass is 32.2. The van der Waals surface area contributed by atoms with Crippen molar-refractivity contribution >= 4 is 28.7 Å². The number of aromatic nitrogens is 2. The van der Waals surface area contributed by atoms with Gasteiger partial charge in [-0.1, -0.05) is 12.1 Å². The summed E-state index contributed by atoms with van der Waals surface area (Å²) >= 11 is 1.49. The van der Waals surface area contributed by atoms with Crippen LogP contribution in [0.25, 0.3) is 11.0 Å². The number of fused-ring (bicyclic) bond motifs is 2. The highest BCUT2D eigenvalue weighted by Crippen LogP contribution is 2.34. The van der Waals surface area contributed by atoms with Crippen LogP contribution in [0, 0.1) is 6.92 Å². The molecule has 7 heteroatoms. The number of hydrogen-bond donors (Lipinski definition) is 1. The Labute approximate surface area is 161 Å². The van der Waals surface area contributed by atoms with Crippen LogP contribution in [0.4, 0.5) is 0 Å². The van der Waals surface area contributed by atoms with E-state index in [0.29, 0.717) is 32.1 Å². The van der Waals surface area contributed by atoms with Gasteiger partial charge in [-0.25, -0.2) is 4.98 Å². The van der Waals surface area contributed by atoms with Crippen LogP contribution in [-0.4, -0.2) is 41.0 Å². The molecule has 0 saturated carbocycles. The number of thioether (sulfide) groups is 1. The minimum absolute atomic E-state index is 0.0111. The van der Waals surface area contributed by atoms with E-state index >= 15 is 0 Å². The average Bonchev–Trinajstić information content (AvgIpc) is 3.01. The first-order valence-corrected chi connectivity index (χ1v) is 9.90. The smallest absolute Gasteiger partial charge is 0.230 e. The minimum Gasteiger partial charge on any atom is -0.486 e. The van der Waals surface area contributed by atoms with Crippen LogP contribution in [0.3, 0.4) is 0 Å². The van der Waals surface area contributed by atoms with E-state index in [2.05, 4.69) is 20.9 Å². The van der Waals surface area contributed by atoms with Crippen LogP contribution in [-0.2, 0) is 11.3 Å². The van der Waals surface area contributed by atoms with Gasteiger partial charge in [-0.05, 0) is 37.3 Å². The zero-order valence-corrected chi connectivity index (χ0v) is 15.9. The van der Waals surface area contributed by atoms with Gasteiger partial charge in [0.15, 0.2) is 11.5 Å². The standard InChI is InChI=1S/C20H21N3O3S/c1-14-22-16-4-2-3-5-17(16)23(14)9-8-21-20(24)13-27-15-6-7-18-19(12-15)26-11-10-25-18/h2-7,12H,8-11,13H2,1H3,(H,21,24). The lowest BCUT2D eigenvalue weighted by Gasteiger charge is -2.18. The first-order chi connectivity index (χ1) is 13.2. The van der Waals surface area contributed by atoms with Crippen LogP contribution in [0.1, 0.15) is 5.82 Å². The summed E-state index contributed by atoms with van der Waals surface area (Å²) in [6, 6.07) is 13.8. The SMILES string of the molecule is Cc1nc2ccccc2n1CCNC(=O)CSc1ccc2c(c1)OCCO2. The summed E-state index contributed by atoms with van der Waals surface area (Å²) in [5, 5.41) is 2.98. The predicted molar refractivity (Wildman–Crippen MR) is 106 cm³/mol. The molecule has 1 amide bonds. The van der Waals surface area contributed by atoms with Crippen molar-refractivity contribution in [2.24, 2.45) is 0 Å². The highest BCUT2D eigenvalue weighted by Gasteiger charge is 2.13. The van der Waals surface area contributed by atoms with Gasteiger partial charge in [-0.2, -0.15) is 0 Å². The number of carbonyl (C=O) groups excluding carboxylic acids is 1. The summed E-state index contributed by atoms with van der Waals surface area (Å²) in [5.74, 6) is 2.84. The molecule has 1 N–H and O–H groups in total. The number of nitrogens with zero attached hydrogens (tertiary/aromatic N) is 2. The molecule has 0 atom stereocenters. The number of amides is 1. The van der Waals surface area contributed by atoms with E-state index in [-0.39, 0.29) is 5.91 Å². The van der Waals surface area contributed by atoms with Crippen molar-refractivity contribution in [2.75, 3.05) is 25.5 Å². The fraction of sp³-hybridized carbons (Fsp3) is 0.300. The van der Waals surface area contributed by atoms with Crippen molar-refractivity contribution in [1.82, 2.24) is 14.9 Å². The third kappa shape index (κ3) is 4.03. The van der Waals surface area contributed by atoms with E-state index < -0.39 is 0 Å². The topological polar surface area (TPSA) is 65.4 Å². The van der Waals surface area contributed by atoms with E-state index in [1.165, 1.54) is 11.8 Å². The fourth-order valence-electron chi connectivity index (χ4n) is 3.10. The number of nitrogens with one attached hydrogen (secondary N) is 1. The van der Waals surface area contributed by atoms with Gasteiger partial charge >= 0.3 is 0 Å². The molecule has 0 bridgehead atoms. The number of benzene rings is 2. The van der Waals surface area contributed by atoms with Gasteiger partial charge in [0.05, 0.1) is 16.8 Å². The van der Waals surface area contributed by atoms with Gasteiger partial charge < -0.3 is 19.4 Å². The van der Waals surface area contributed by atoms with E-state index in [1.807, 2.05) is 43.3 Å². The Morgan fingerprint density at radius 1 is 1.19 bits per heavy atom. The van der Waals surface area contributed by atoms with Gasteiger partial charge in [0.25, 0.3) is 0 Å². The molecule has 2 aromatic carbocycles. The first kappa shape index (κ1) is 17.7. The van der Waals surface area contributed by atoms with E-state index in [1.54, 1.807) is 0 Å². The number of para-hydroxylation sites is 2. The van der Waals surface area contributed by atoms with Crippen molar-refractivity contribution in [2.45, 2.75) is 18.4 Å². The molecular weight excluding hydrogens is 362 g/mol. The molecule has 0 aliphatic carbocycles. The van der Waals surface area contributed by atoms with Gasteiger partial charge in [0.1, 0.15) is 19.0 Å². The molecule has 27 heavy (non-hydrogen) atoms. The van der Waals surface area contributed by atoms with Gasteiger partial charge in [-0.15, -0.1) is 11.8 Å². The number of hydrogen-bond acceptors (Lipinski definition) is 5.